The molecule has 0 aliphatic rings. The minimum atomic E-state index is -0.456. The molecule has 0 fully saturated rings. The van der Waals surface area contributed by atoms with E-state index < -0.39 is 5.82 Å². The smallest absolute Gasteiger partial charge is 0.165 e. The van der Waals surface area contributed by atoms with Crippen LogP contribution in [0.25, 0.3) is 5.57 Å². The molecule has 0 saturated carbocycles. The fourth-order valence-electron chi connectivity index (χ4n) is 1.66. The molecule has 0 atom stereocenters. The predicted molar refractivity (Wildman–Crippen MR) is 73.3 cm³/mol. The zero-order valence-electron chi connectivity index (χ0n) is 10.5. The van der Waals surface area contributed by atoms with Crippen molar-refractivity contribution in [2.75, 3.05) is 6.61 Å². The Morgan fingerprint density at radius 3 is 2.53 bits per heavy atom. The maximum absolute atomic E-state index is 13.8. The molecule has 0 amide bonds. The monoisotopic (exact) mass is 258 g/mol. The van der Waals surface area contributed by atoms with Crippen LogP contribution in [-0.4, -0.2) is 11.7 Å². The van der Waals surface area contributed by atoms with Crippen molar-refractivity contribution in [1.29, 1.82) is 0 Å². The van der Waals surface area contributed by atoms with E-state index in [-0.39, 0.29) is 12.4 Å². The highest BCUT2D eigenvalue weighted by molar-refractivity contribution is 5.64. The van der Waals surface area contributed by atoms with Gasteiger partial charge in [0.2, 0.25) is 0 Å². The molecule has 2 aromatic rings. The number of aliphatic hydroxyl groups is 1. The Balaban J connectivity index is 2.07. The summed E-state index contributed by atoms with van der Waals surface area (Å²) in [5.74, 6) is -0.263. The summed E-state index contributed by atoms with van der Waals surface area (Å²) in [4.78, 5) is 0. The fourth-order valence-corrected chi connectivity index (χ4v) is 1.66. The lowest BCUT2D eigenvalue weighted by atomic mass is 10.1. The Hall–Kier alpha value is -2.13. The van der Waals surface area contributed by atoms with E-state index in [0.717, 1.165) is 5.56 Å². The lowest BCUT2D eigenvalue weighted by Gasteiger charge is -2.09. The molecule has 98 valence electrons. The fraction of sp³-hybridized carbons (Fsp3) is 0.125. The second-order valence-electron chi connectivity index (χ2n) is 4.18. The largest absolute Gasteiger partial charge is 0.486 e. The van der Waals surface area contributed by atoms with Gasteiger partial charge < -0.3 is 9.84 Å². The molecule has 1 N–H and O–H groups in total. The summed E-state index contributed by atoms with van der Waals surface area (Å²) < 4.78 is 19.2. The summed E-state index contributed by atoms with van der Waals surface area (Å²) in [6, 6.07) is 14.1. The van der Waals surface area contributed by atoms with Gasteiger partial charge in [-0.2, -0.15) is 0 Å². The first-order valence-electron chi connectivity index (χ1n) is 5.96. The highest BCUT2D eigenvalue weighted by Gasteiger charge is 2.06. The first-order valence-corrected chi connectivity index (χ1v) is 5.96. The summed E-state index contributed by atoms with van der Waals surface area (Å²) in [6.07, 6.45) is 0. The van der Waals surface area contributed by atoms with Gasteiger partial charge in [0.05, 0.1) is 6.61 Å². The molecule has 0 unspecified atom stereocenters. The Labute approximate surface area is 111 Å². The van der Waals surface area contributed by atoms with Crippen molar-refractivity contribution in [1.82, 2.24) is 0 Å². The van der Waals surface area contributed by atoms with Crippen LogP contribution in [0.5, 0.6) is 5.75 Å². The average molecular weight is 258 g/mol. The molecular weight excluding hydrogens is 243 g/mol. The van der Waals surface area contributed by atoms with Crippen LogP contribution in [0.1, 0.15) is 11.1 Å². The Bertz CT molecular complexity index is 564. The highest BCUT2D eigenvalue weighted by Crippen LogP contribution is 2.22. The maximum Gasteiger partial charge on any atom is 0.165 e. The van der Waals surface area contributed by atoms with Crippen LogP contribution in [0.3, 0.4) is 0 Å². The van der Waals surface area contributed by atoms with Crippen LogP contribution in [0, 0.1) is 5.82 Å². The van der Waals surface area contributed by atoms with Gasteiger partial charge in [-0.1, -0.05) is 43.0 Å². The van der Waals surface area contributed by atoms with Gasteiger partial charge in [-0.05, 0) is 28.8 Å². The summed E-state index contributed by atoms with van der Waals surface area (Å²) >= 11 is 0. The number of aliphatic hydroxyl groups excluding tert-OH is 1. The molecule has 0 aromatic heterocycles. The third-order valence-electron chi connectivity index (χ3n) is 2.77. The predicted octanol–water partition coefficient (Wildman–Crippen LogP) is 3.41. The summed E-state index contributed by atoms with van der Waals surface area (Å²) in [5.41, 5.74) is 2.03. The molecule has 2 rings (SSSR count). The Morgan fingerprint density at radius 1 is 1.16 bits per heavy atom. The molecule has 0 saturated heterocycles. The topological polar surface area (TPSA) is 29.5 Å². The first kappa shape index (κ1) is 13.3. The van der Waals surface area contributed by atoms with E-state index in [2.05, 4.69) is 6.58 Å². The van der Waals surface area contributed by atoms with Crippen LogP contribution < -0.4 is 4.74 Å². The highest BCUT2D eigenvalue weighted by atomic mass is 19.1. The first-order chi connectivity index (χ1) is 9.20. The quantitative estimate of drug-likeness (QED) is 0.890. The molecule has 0 bridgehead atoms. The van der Waals surface area contributed by atoms with Crippen molar-refractivity contribution < 1.29 is 14.2 Å². The van der Waals surface area contributed by atoms with Crippen LogP contribution in [0.2, 0.25) is 0 Å². The maximum atomic E-state index is 13.8. The van der Waals surface area contributed by atoms with Gasteiger partial charge in [0.1, 0.15) is 6.61 Å². The van der Waals surface area contributed by atoms with Crippen molar-refractivity contribution in [2.45, 2.75) is 6.61 Å². The molecule has 19 heavy (non-hydrogen) atoms. The normalized spacial score (nSPS) is 10.2. The molecule has 0 heterocycles. The van der Waals surface area contributed by atoms with E-state index in [0.29, 0.717) is 17.7 Å². The van der Waals surface area contributed by atoms with Crippen LogP contribution in [0.15, 0.2) is 55.1 Å². The molecular formula is C16H15FO2. The third-order valence-corrected chi connectivity index (χ3v) is 2.77. The molecule has 2 aromatic carbocycles. The van der Waals surface area contributed by atoms with Gasteiger partial charge in [-0.3, -0.25) is 0 Å². The number of rotatable bonds is 5. The zero-order chi connectivity index (χ0) is 13.7. The van der Waals surface area contributed by atoms with Crippen molar-refractivity contribution >= 4 is 5.57 Å². The minimum absolute atomic E-state index is 0.191. The summed E-state index contributed by atoms with van der Waals surface area (Å²) in [5, 5.41) is 8.95. The van der Waals surface area contributed by atoms with Crippen LogP contribution in [-0.2, 0) is 6.61 Å². The minimum Gasteiger partial charge on any atom is -0.486 e. The van der Waals surface area contributed by atoms with Gasteiger partial charge in [0.15, 0.2) is 11.6 Å². The van der Waals surface area contributed by atoms with Gasteiger partial charge in [0.25, 0.3) is 0 Å². The van der Waals surface area contributed by atoms with Gasteiger partial charge in [-0.15, -0.1) is 0 Å². The van der Waals surface area contributed by atoms with E-state index in [1.54, 1.807) is 12.1 Å². The van der Waals surface area contributed by atoms with E-state index in [1.807, 2.05) is 30.3 Å². The van der Waals surface area contributed by atoms with Gasteiger partial charge in [0, 0.05) is 0 Å². The van der Waals surface area contributed by atoms with Crippen molar-refractivity contribution in [3.05, 3.63) is 72.1 Å². The zero-order valence-corrected chi connectivity index (χ0v) is 10.5. The van der Waals surface area contributed by atoms with Crippen molar-refractivity contribution in [2.24, 2.45) is 0 Å². The second-order valence-corrected chi connectivity index (χ2v) is 4.18. The van der Waals surface area contributed by atoms with Crippen LogP contribution >= 0.6 is 0 Å². The lowest BCUT2D eigenvalue weighted by Crippen LogP contribution is -1.98. The van der Waals surface area contributed by atoms with Crippen LogP contribution in [0.4, 0.5) is 4.39 Å². The summed E-state index contributed by atoms with van der Waals surface area (Å²) in [7, 11) is 0. The SMILES string of the molecule is C=C(CO)c1ccc(OCc2ccccc2)c(F)c1. The molecule has 0 radical (unpaired) electrons. The summed E-state index contributed by atoms with van der Waals surface area (Å²) in [6.45, 7) is 3.78. The lowest BCUT2D eigenvalue weighted by molar-refractivity contribution is 0.290. The molecule has 0 aliphatic heterocycles. The standard InChI is InChI=1S/C16H15FO2/c1-12(10-18)14-7-8-16(15(17)9-14)19-11-13-5-3-2-4-6-13/h2-9,18H,1,10-11H2. The van der Waals surface area contributed by atoms with E-state index in [1.165, 1.54) is 6.07 Å². The Kier molecular flexibility index (Phi) is 4.31. The number of hydrogen-bond acceptors (Lipinski definition) is 2. The number of hydrogen-bond donors (Lipinski definition) is 1. The number of halogens is 1. The third kappa shape index (κ3) is 3.42. The molecule has 3 heteroatoms. The average Bonchev–Trinajstić information content (AvgIpc) is 2.46. The Morgan fingerprint density at radius 2 is 1.89 bits per heavy atom. The van der Waals surface area contributed by atoms with E-state index in [4.69, 9.17) is 9.84 Å². The molecule has 0 spiro atoms. The van der Waals surface area contributed by atoms with E-state index in [9.17, 15) is 4.39 Å². The number of ether oxygens (including phenoxy) is 1. The molecule has 2 nitrogen and oxygen atoms in total. The molecule has 0 aliphatic carbocycles. The van der Waals surface area contributed by atoms with Crippen molar-refractivity contribution in [3.8, 4) is 5.75 Å². The van der Waals surface area contributed by atoms with Crippen molar-refractivity contribution in [3.63, 3.8) is 0 Å². The van der Waals surface area contributed by atoms with Gasteiger partial charge >= 0.3 is 0 Å². The van der Waals surface area contributed by atoms with Gasteiger partial charge in [-0.25, -0.2) is 4.39 Å². The number of benzene rings is 2. The second kappa shape index (κ2) is 6.16. The van der Waals surface area contributed by atoms with E-state index >= 15 is 0 Å².